The Labute approximate surface area is 127 Å². The number of halogens is 1. The second-order valence-corrected chi connectivity index (χ2v) is 5.41. The third kappa shape index (κ3) is 3.71. The summed E-state index contributed by atoms with van der Waals surface area (Å²) < 4.78 is 18.5. The number of thiazole rings is 1. The van der Waals surface area contributed by atoms with Crippen molar-refractivity contribution in [2.45, 2.75) is 13.3 Å². The van der Waals surface area contributed by atoms with Crippen molar-refractivity contribution in [2.24, 2.45) is 0 Å². The highest BCUT2D eigenvalue weighted by Crippen LogP contribution is 2.33. The first-order chi connectivity index (χ1) is 10.2. The predicted molar refractivity (Wildman–Crippen MR) is 83.6 cm³/mol. The maximum Gasteiger partial charge on any atom is 0.185 e. The van der Waals surface area contributed by atoms with E-state index >= 15 is 0 Å². The molecule has 0 fully saturated rings. The van der Waals surface area contributed by atoms with Gasteiger partial charge in [-0.1, -0.05) is 6.92 Å². The molecule has 1 N–H and O–H groups in total. The number of ether oxygens (including phenoxy) is 1. The van der Waals surface area contributed by atoms with E-state index in [-0.39, 0.29) is 12.4 Å². The van der Waals surface area contributed by atoms with Crippen LogP contribution in [0.5, 0.6) is 5.75 Å². The second-order valence-electron chi connectivity index (χ2n) is 4.57. The molecule has 0 saturated carbocycles. The maximum atomic E-state index is 13.3. The normalized spacial score (nSPS) is 10.7. The molecule has 0 aliphatic carbocycles. The molecular formula is C15H19FN2O2S. The number of nitrogens with zero attached hydrogens (tertiary/aromatic N) is 2. The van der Waals surface area contributed by atoms with E-state index < -0.39 is 0 Å². The van der Waals surface area contributed by atoms with Crippen molar-refractivity contribution in [3.63, 3.8) is 0 Å². The Kier molecular flexibility index (Phi) is 5.52. The molecule has 0 aliphatic rings. The number of aliphatic hydroxyl groups is 1. The summed E-state index contributed by atoms with van der Waals surface area (Å²) in [6, 6.07) is 4.42. The summed E-state index contributed by atoms with van der Waals surface area (Å²) in [6.07, 6.45) is 0.981. The van der Waals surface area contributed by atoms with E-state index in [1.54, 1.807) is 6.07 Å². The maximum absolute atomic E-state index is 13.3. The van der Waals surface area contributed by atoms with Gasteiger partial charge in [-0.3, -0.25) is 0 Å². The zero-order valence-corrected chi connectivity index (χ0v) is 13.0. The van der Waals surface area contributed by atoms with Crippen LogP contribution in [0.2, 0.25) is 0 Å². The molecule has 0 bridgehead atoms. The van der Waals surface area contributed by atoms with Crippen LogP contribution in [0.25, 0.3) is 11.3 Å². The molecule has 0 aliphatic heterocycles. The quantitative estimate of drug-likeness (QED) is 0.853. The van der Waals surface area contributed by atoms with Gasteiger partial charge < -0.3 is 14.7 Å². The first kappa shape index (κ1) is 15.7. The molecule has 2 rings (SSSR count). The first-order valence-electron chi connectivity index (χ1n) is 6.84. The second kappa shape index (κ2) is 7.38. The molecule has 21 heavy (non-hydrogen) atoms. The van der Waals surface area contributed by atoms with Crippen LogP contribution in [0.1, 0.15) is 13.3 Å². The molecule has 0 atom stereocenters. The molecule has 6 heteroatoms. The van der Waals surface area contributed by atoms with E-state index in [0.29, 0.717) is 12.3 Å². The van der Waals surface area contributed by atoms with Crippen molar-refractivity contribution in [1.29, 1.82) is 0 Å². The SMILES string of the molecule is CCCN(CCO)c1nc(-c2ccc(F)cc2OC)cs1. The molecule has 0 saturated heterocycles. The number of benzene rings is 1. The van der Waals surface area contributed by atoms with E-state index in [2.05, 4.69) is 11.9 Å². The summed E-state index contributed by atoms with van der Waals surface area (Å²) in [5, 5.41) is 11.9. The molecule has 2 aromatic rings. The zero-order chi connectivity index (χ0) is 15.2. The highest BCUT2D eigenvalue weighted by Gasteiger charge is 2.14. The van der Waals surface area contributed by atoms with E-state index in [1.807, 2.05) is 10.3 Å². The van der Waals surface area contributed by atoms with Gasteiger partial charge in [-0.2, -0.15) is 0 Å². The minimum atomic E-state index is -0.334. The fourth-order valence-corrected chi connectivity index (χ4v) is 2.98. The van der Waals surface area contributed by atoms with Gasteiger partial charge in [0.1, 0.15) is 11.6 Å². The molecule has 4 nitrogen and oxygen atoms in total. The number of anilines is 1. The number of hydrogen-bond donors (Lipinski definition) is 1. The van der Waals surface area contributed by atoms with Gasteiger partial charge in [0.2, 0.25) is 0 Å². The van der Waals surface area contributed by atoms with Crippen LogP contribution in [0.3, 0.4) is 0 Å². The summed E-state index contributed by atoms with van der Waals surface area (Å²) in [6.45, 7) is 3.58. The molecule has 1 aromatic carbocycles. The molecular weight excluding hydrogens is 291 g/mol. The average molecular weight is 310 g/mol. The van der Waals surface area contributed by atoms with Crippen LogP contribution in [0.15, 0.2) is 23.6 Å². The van der Waals surface area contributed by atoms with Crippen molar-refractivity contribution in [2.75, 3.05) is 31.7 Å². The fourth-order valence-electron chi connectivity index (χ4n) is 2.10. The van der Waals surface area contributed by atoms with Gasteiger partial charge >= 0.3 is 0 Å². The summed E-state index contributed by atoms with van der Waals surface area (Å²) in [5.74, 6) is 0.134. The van der Waals surface area contributed by atoms with Gasteiger partial charge in [0.25, 0.3) is 0 Å². The lowest BCUT2D eigenvalue weighted by Crippen LogP contribution is -2.27. The molecule has 0 radical (unpaired) electrons. The predicted octanol–water partition coefficient (Wildman–Crippen LogP) is 3.17. The van der Waals surface area contributed by atoms with Crippen molar-refractivity contribution < 1.29 is 14.2 Å². The molecule has 0 unspecified atom stereocenters. The van der Waals surface area contributed by atoms with Gasteiger partial charge in [0.15, 0.2) is 5.13 Å². The third-order valence-electron chi connectivity index (χ3n) is 3.07. The average Bonchev–Trinajstić information content (AvgIpc) is 2.96. The van der Waals surface area contributed by atoms with Crippen molar-refractivity contribution in [3.05, 3.63) is 29.4 Å². The molecule has 114 valence electrons. The topological polar surface area (TPSA) is 45.6 Å². The molecule has 1 aromatic heterocycles. The lowest BCUT2D eigenvalue weighted by atomic mass is 10.1. The van der Waals surface area contributed by atoms with E-state index in [4.69, 9.17) is 9.84 Å². The van der Waals surface area contributed by atoms with E-state index in [1.165, 1.54) is 30.6 Å². The molecule has 0 spiro atoms. The van der Waals surface area contributed by atoms with E-state index in [0.717, 1.165) is 29.4 Å². The largest absolute Gasteiger partial charge is 0.496 e. The van der Waals surface area contributed by atoms with Crippen LogP contribution >= 0.6 is 11.3 Å². The standard InChI is InChI=1S/C15H19FN2O2S/c1-3-6-18(7-8-19)15-17-13(10-21-15)12-5-4-11(16)9-14(12)20-2/h4-5,9-10,19H,3,6-8H2,1-2H3. The van der Waals surface area contributed by atoms with Gasteiger partial charge in [-0.25, -0.2) is 9.37 Å². The minimum Gasteiger partial charge on any atom is -0.496 e. The summed E-state index contributed by atoms with van der Waals surface area (Å²) >= 11 is 1.51. The summed E-state index contributed by atoms with van der Waals surface area (Å²) in [7, 11) is 1.51. The lowest BCUT2D eigenvalue weighted by molar-refractivity contribution is 0.302. The Hall–Kier alpha value is -1.66. The van der Waals surface area contributed by atoms with Crippen molar-refractivity contribution in [1.82, 2.24) is 4.98 Å². The third-order valence-corrected chi connectivity index (χ3v) is 3.97. The number of methoxy groups -OCH3 is 1. The summed E-state index contributed by atoms with van der Waals surface area (Å²) in [5.41, 5.74) is 1.52. The smallest absolute Gasteiger partial charge is 0.185 e. The number of aliphatic hydroxyl groups excluding tert-OH is 1. The first-order valence-corrected chi connectivity index (χ1v) is 7.72. The molecule has 0 amide bonds. The number of rotatable bonds is 7. The molecule has 1 heterocycles. The van der Waals surface area contributed by atoms with Crippen molar-refractivity contribution >= 4 is 16.5 Å². The number of aromatic nitrogens is 1. The van der Waals surface area contributed by atoms with Crippen LogP contribution in [-0.2, 0) is 0 Å². The highest BCUT2D eigenvalue weighted by molar-refractivity contribution is 7.14. The monoisotopic (exact) mass is 310 g/mol. The lowest BCUT2D eigenvalue weighted by Gasteiger charge is -2.19. The van der Waals surface area contributed by atoms with Gasteiger partial charge in [0.05, 0.1) is 19.4 Å². The minimum absolute atomic E-state index is 0.0920. The Morgan fingerprint density at radius 1 is 1.38 bits per heavy atom. The Morgan fingerprint density at radius 3 is 2.86 bits per heavy atom. The summed E-state index contributed by atoms with van der Waals surface area (Å²) in [4.78, 5) is 6.63. The zero-order valence-electron chi connectivity index (χ0n) is 12.2. The Morgan fingerprint density at radius 2 is 2.19 bits per heavy atom. The van der Waals surface area contributed by atoms with Crippen LogP contribution in [-0.4, -0.2) is 36.9 Å². The van der Waals surface area contributed by atoms with Gasteiger partial charge in [-0.05, 0) is 18.6 Å². The Balaban J connectivity index is 2.30. The van der Waals surface area contributed by atoms with Gasteiger partial charge in [0, 0.05) is 30.1 Å². The number of hydrogen-bond acceptors (Lipinski definition) is 5. The van der Waals surface area contributed by atoms with Crippen LogP contribution in [0.4, 0.5) is 9.52 Å². The highest BCUT2D eigenvalue weighted by atomic mass is 32.1. The van der Waals surface area contributed by atoms with Crippen LogP contribution < -0.4 is 9.64 Å². The van der Waals surface area contributed by atoms with Crippen LogP contribution in [0, 0.1) is 5.82 Å². The van der Waals surface area contributed by atoms with Gasteiger partial charge in [-0.15, -0.1) is 11.3 Å². The Bertz CT molecular complexity index is 583. The van der Waals surface area contributed by atoms with Crippen molar-refractivity contribution in [3.8, 4) is 17.0 Å². The van der Waals surface area contributed by atoms with E-state index in [9.17, 15) is 4.39 Å². The fraction of sp³-hybridized carbons (Fsp3) is 0.400.